The van der Waals surface area contributed by atoms with Crippen LogP contribution in [0.25, 0.3) is 11.3 Å². The highest BCUT2D eigenvalue weighted by Crippen LogP contribution is 2.29. The first-order chi connectivity index (χ1) is 13.6. The van der Waals surface area contributed by atoms with E-state index in [0.29, 0.717) is 35.9 Å². The van der Waals surface area contributed by atoms with Crippen molar-refractivity contribution in [3.8, 4) is 11.3 Å². The zero-order valence-electron chi connectivity index (χ0n) is 15.3. The number of pyridine rings is 1. The first-order valence-electron chi connectivity index (χ1n) is 9.28. The molecule has 1 aliphatic heterocycles. The molecule has 4 rings (SSSR count). The maximum atomic E-state index is 12.8. The van der Waals surface area contributed by atoms with Crippen molar-refractivity contribution < 1.29 is 9.59 Å². The summed E-state index contributed by atoms with van der Waals surface area (Å²) in [6.07, 6.45) is 4.98. The van der Waals surface area contributed by atoms with E-state index < -0.39 is 5.91 Å². The van der Waals surface area contributed by atoms with Crippen LogP contribution in [0.1, 0.15) is 45.4 Å². The molecule has 0 unspecified atom stereocenters. The molecule has 0 aliphatic carbocycles. The highest BCUT2D eigenvalue weighted by molar-refractivity contribution is 5.97. The Morgan fingerprint density at radius 2 is 1.96 bits per heavy atom. The second kappa shape index (κ2) is 7.64. The highest BCUT2D eigenvalue weighted by atomic mass is 16.2. The predicted molar refractivity (Wildman–Crippen MR) is 105 cm³/mol. The molecule has 0 spiro atoms. The average molecular weight is 375 g/mol. The molecular formula is C21H21N5O2. The second-order valence-corrected chi connectivity index (χ2v) is 6.91. The summed E-state index contributed by atoms with van der Waals surface area (Å²) in [5.74, 6) is 0.126. The van der Waals surface area contributed by atoms with Crippen LogP contribution in [0.2, 0.25) is 0 Å². The van der Waals surface area contributed by atoms with Crippen molar-refractivity contribution in [2.45, 2.75) is 18.8 Å². The fourth-order valence-corrected chi connectivity index (χ4v) is 3.62. The standard InChI is InChI=1S/C21H21N5O2/c22-19(27)18-17(14-6-2-1-3-7-14)24-20(25-18)16-9-5-11-26(13-16)21(28)15-8-4-10-23-12-15/h1-4,6-8,10,12,16H,5,9,11,13H2,(H2,22,27)(H,24,25)/t16-/m0/s1. The van der Waals surface area contributed by atoms with Gasteiger partial charge in [-0.25, -0.2) is 4.98 Å². The van der Waals surface area contributed by atoms with Crippen molar-refractivity contribution >= 4 is 11.8 Å². The van der Waals surface area contributed by atoms with Crippen LogP contribution in [0.15, 0.2) is 54.9 Å². The van der Waals surface area contributed by atoms with E-state index in [2.05, 4.69) is 15.0 Å². The van der Waals surface area contributed by atoms with E-state index in [0.717, 1.165) is 18.4 Å². The number of hydrogen-bond acceptors (Lipinski definition) is 4. The van der Waals surface area contributed by atoms with Gasteiger partial charge in [-0.05, 0) is 25.0 Å². The number of H-pyrrole nitrogens is 1. The molecule has 3 N–H and O–H groups in total. The van der Waals surface area contributed by atoms with Gasteiger partial charge in [-0.15, -0.1) is 0 Å². The number of benzene rings is 1. The van der Waals surface area contributed by atoms with Gasteiger partial charge in [0.1, 0.15) is 17.2 Å². The topological polar surface area (TPSA) is 105 Å². The number of nitrogens with zero attached hydrogens (tertiary/aromatic N) is 3. The summed E-state index contributed by atoms with van der Waals surface area (Å²) in [6, 6.07) is 13.0. The Labute approximate surface area is 162 Å². The number of likely N-dealkylation sites (tertiary alicyclic amines) is 1. The Hall–Kier alpha value is -3.48. The number of primary amides is 1. The zero-order chi connectivity index (χ0) is 19.5. The summed E-state index contributed by atoms with van der Waals surface area (Å²) in [5, 5.41) is 0. The monoisotopic (exact) mass is 375 g/mol. The molecule has 2 amide bonds. The Balaban J connectivity index is 1.60. The number of rotatable bonds is 4. The van der Waals surface area contributed by atoms with Crippen LogP contribution >= 0.6 is 0 Å². The summed E-state index contributed by atoms with van der Waals surface area (Å²) in [5.41, 5.74) is 7.83. The van der Waals surface area contributed by atoms with Crippen molar-refractivity contribution in [1.29, 1.82) is 0 Å². The maximum absolute atomic E-state index is 12.8. The van der Waals surface area contributed by atoms with E-state index in [1.54, 1.807) is 24.5 Å². The molecule has 1 fully saturated rings. The molecule has 1 saturated heterocycles. The molecule has 7 heteroatoms. The third kappa shape index (κ3) is 3.51. The zero-order valence-corrected chi connectivity index (χ0v) is 15.3. The molecule has 28 heavy (non-hydrogen) atoms. The summed E-state index contributed by atoms with van der Waals surface area (Å²) in [7, 11) is 0. The Morgan fingerprint density at radius 3 is 2.68 bits per heavy atom. The smallest absolute Gasteiger partial charge is 0.267 e. The van der Waals surface area contributed by atoms with E-state index in [4.69, 9.17) is 5.73 Å². The van der Waals surface area contributed by atoms with Crippen molar-refractivity contribution in [2.24, 2.45) is 5.73 Å². The number of hydrogen-bond donors (Lipinski definition) is 2. The summed E-state index contributed by atoms with van der Waals surface area (Å²) in [6.45, 7) is 1.23. The van der Waals surface area contributed by atoms with E-state index in [-0.39, 0.29) is 11.8 Å². The molecule has 0 radical (unpaired) electrons. The van der Waals surface area contributed by atoms with Crippen LogP contribution in [0.5, 0.6) is 0 Å². The highest BCUT2D eigenvalue weighted by Gasteiger charge is 2.29. The number of nitrogens with one attached hydrogen (secondary N) is 1. The van der Waals surface area contributed by atoms with Crippen molar-refractivity contribution in [2.75, 3.05) is 13.1 Å². The normalized spacial score (nSPS) is 16.7. The van der Waals surface area contributed by atoms with Gasteiger partial charge in [0.2, 0.25) is 0 Å². The molecule has 0 saturated carbocycles. The molecule has 7 nitrogen and oxygen atoms in total. The lowest BCUT2D eigenvalue weighted by Gasteiger charge is -2.31. The van der Waals surface area contributed by atoms with Gasteiger partial charge in [-0.3, -0.25) is 14.6 Å². The molecule has 0 bridgehead atoms. The minimum Gasteiger partial charge on any atom is -0.364 e. The lowest BCUT2D eigenvalue weighted by molar-refractivity contribution is 0.0704. The maximum Gasteiger partial charge on any atom is 0.267 e. The number of carbonyl (C=O) groups excluding carboxylic acids is 2. The first-order valence-corrected chi connectivity index (χ1v) is 9.28. The van der Waals surface area contributed by atoms with Crippen LogP contribution in [-0.2, 0) is 0 Å². The molecule has 1 aromatic carbocycles. The fraction of sp³-hybridized carbons (Fsp3) is 0.238. The van der Waals surface area contributed by atoms with Gasteiger partial charge in [-0.2, -0.15) is 0 Å². The third-order valence-corrected chi connectivity index (χ3v) is 5.02. The fourth-order valence-electron chi connectivity index (χ4n) is 3.62. The Morgan fingerprint density at radius 1 is 1.14 bits per heavy atom. The van der Waals surface area contributed by atoms with Gasteiger partial charge in [0, 0.05) is 37.0 Å². The summed E-state index contributed by atoms with van der Waals surface area (Å²) < 4.78 is 0. The number of aromatic nitrogens is 3. The van der Waals surface area contributed by atoms with E-state index >= 15 is 0 Å². The molecular weight excluding hydrogens is 354 g/mol. The minimum absolute atomic E-state index is 0.0185. The van der Waals surface area contributed by atoms with Crippen molar-refractivity contribution in [1.82, 2.24) is 19.9 Å². The summed E-state index contributed by atoms with van der Waals surface area (Å²) in [4.78, 5) is 38.3. The van der Waals surface area contributed by atoms with E-state index in [1.165, 1.54) is 0 Å². The molecule has 3 aromatic rings. The Bertz CT molecular complexity index is 985. The molecule has 142 valence electrons. The molecule has 1 atom stereocenters. The quantitative estimate of drug-likeness (QED) is 0.731. The minimum atomic E-state index is -0.545. The van der Waals surface area contributed by atoms with Crippen LogP contribution < -0.4 is 5.73 Å². The number of imidazole rings is 1. The largest absolute Gasteiger partial charge is 0.364 e. The van der Waals surface area contributed by atoms with Gasteiger partial charge >= 0.3 is 0 Å². The van der Waals surface area contributed by atoms with Gasteiger partial charge in [-0.1, -0.05) is 30.3 Å². The van der Waals surface area contributed by atoms with Gasteiger partial charge in [0.15, 0.2) is 0 Å². The number of amides is 2. The van der Waals surface area contributed by atoms with Gasteiger partial charge < -0.3 is 15.6 Å². The molecule has 1 aliphatic rings. The lowest BCUT2D eigenvalue weighted by Crippen LogP contribution is -2.39. The number of carbonyl (C=O) groups is 2. The number of aromatic amines is 1. The van der Waals surface area contributed by atoms with Gasteiger partial charge in [0.25, 0.3) is 11.8 Å². The first kappa shape index (κ1) is 17.9. The van der Waals surface area contributed by atoms with Crippen LogP contribution in [0.3, 0.4) is 0 Å². The van der Waals surface area contributed by atoms with E-state index in [9.17, 15) is 9.59 Å². The number of piperidine rings is 1. The third-order valence-electron chi connectivity index (χ3n) is 5.02. The van der Waals surface area contributed by atoms with Crippen LogP contribution in [-0.4, -0.2) is 44.8 Å². The van der Waals surface area contributed by atoms with Crippen LogP contribution in [0, 0.1) is 0 Å². The Kier molecular flexibility index (Phi) is 4.89. The summed E-state index contributed by atoms with van der Waals surface area (Å²) >= 11 is 0. The SMILES string of the molecule is NC(=O)c1[nH]c([C@H]2CCCN(C(=O)c3cccnc3)C2)nc1-c1ccccc1. The number of nitrogens with two attached hydrogens (primary N) is 1. The van der Waals surface area contributed by atoms with Gasteiger partial charge in [0.05, 0.1) is 5.56 Å². The van der Waals surface area contributed by atoms with Crippen molar-refractivity contribution in [3.05, 3.63) is 71.9 Å². The van der Waals surface area contributed by atoms with E-state index in [1.807, 2.05) is 35.2 Å². The van der Waals surface area contributed by atoms with Crippen molar-refractivity contribution in [3.63, 3.8) is 0 Å². The second-order valence-electron chi connectivity index (χ2n) is 6.91. The molecule has 3 heterocycles. The molecule has 2 aromatic heterocycles. The van der Waals surface area contributed by atoms with Crippen LogP contribution in [0.4, 0.5) is 0 Å². The predicted octanol–water partition coefficient (Wildman–Crippen LogP) is 2.59. The lowest BCUT2D eigenvalue weighted by atomic mass is 9.97. The average Bonchev–Trinajstić information content (AvgIpc) is 3.21.